The van der Waals surface area contributed by atoms with Gasteiger partial charge in [-0.05, 0) is 24.8 Å². The smallest absolute Gasteiger partial charge is 0.185 e. The topological polar surface area (TPSA) is 31.4 Å². The van der Waals surface area contributed by atoms with Crippen molar-refractivity contribution < 1.29 is 0 Å². The molecule has 0 spiro atoms. The predicted octanol–water partition coefficient (Wildman–Crippen LogP) is 2.04. The lowest BCUT2D eigenvalue weighted by atomic mass is 9.77. The van der Waals surface area contributed by atoms with Gasteiger partial charge < -0.3 is 10.2 Å². The van der Waals surface area contributed by atoms with Crippen LogP contribution in [0.1, 0.15) is 26.7 Å². The zero-order chi connectivity index (χ0) is 14.0. The second-order valence-electron chi connectivity index (χ2n) is 6.70. The highest BCUT2D eigenvalue weighted by molar-refractivity contribution is 7.13. The van der Waals surface area contributed by atoms with Crippen LogP contribution in [0.25, 0.3) is 0 Å². The standard InChI is InChI=1S/C15H26N4S/c1-15(2)4-3-5-16-13(15)12-18-7-9-19(10-8-18)14-17-6-11-20-14/h6,11,13,16H,3-5,7-10,12H2,1-2H3. The maximum Gasteiger partial charge on any atom is 0.185 e. The van der Waals surface area contributed by atoms with Crippen LogP contribution >= 0.6 is 11.3 Å². The molecule has 2 saturated heterocycles. The number of piperidine rings is 1. The lowest BCUT2D eigenvalue weighted by Crippen LogP contribution is -2.56. The Morgan fingerprint density at radius 2 is 2.15 bits per heavy atom. The number of hydrogen-bond acceptors (Lipinski definition) is 5. The summed E-state index contributed by atoms with van der Waals surface area (Å²) in [6.07, 6.45) is 4.58. The molecule has 0 aliphatic carbocycles. The van der Waals surface area contributed by atoms with Crippen molar-refractivity contribution in [3.05, 3.63) is 11.6 Å². The predicted molar refractivity (Wildman–Crippen MR) is 85.6 cm³/mol. The first-order chi connectivity index (χ1) is 9.65. The molecule has 2 aliphatic rings. The highest BCUT2D eigenvalue weighted by atomic mass is 32.1. The van der Waals surface area contributed by atoms with Crippen molar-refractivity contribution >= 4 is 16.5 Å². The van der Waals surface area contributed by atoms with Gasteiger partial charge >= 0.3 is 0 Å². The van der Waals surface area contributed by atoms with Gasteiger partial charge in [-0.25, -0.2) is 4.98 Å². The third-order valence-electron chi connectivity index (χ3n) is 4.83. The average Bonchev–Trinajstić information content (AvgIpc) is 2.96. The third-order valence-corrected chi connectivity index (χ3v) is 5.67. The summed E-state index contributed by atoms with van der Waals surface area (Å²) < 4.78 is 0. The second kappa shape index (κ2) is 6.00. The molecule has 1 aromatic rings. The Labute approximate surface area is 126 Å². The number of nitrogens with zero attached hydrogens (tertiary/aromatic N) is 3. The Kier molecular flexibility index (Phi) is 4.29. The minimum Gasteiger partial charge on any atom is -0.346 e. The Hall–Kier alpha value is -0.650. The van der Waals surface area contributed by atoms with Gasteiger partial charge in [0.1, 0.15) is 0 Å². The number of anilines is 1. The van der Waals surface area contributed by atoms with E-state index in [0.717, 1.165) is 26.2 Å². The van der Waals surface area contributed by atoms with Crippen molar-refractivity contribution in [2.24, 2.45) is 5.41 Å². The van der Waals surface area contributed by atoms with Crippen LogP contribution in [0, 0.1) is 5.41 Å². The molecule has 0 saturated carbocycles. The molecule has 0 aromatic carbocycles. The molecule has 5 heteroatoms. The van der Waals surface area contributed by atoms with E-state index in [0.29, 0.717) is 11.5 Å². The van der Waals surface area contributed by atoms with Gasteiger partial charge in [0.2, 0.25) is 0 Å². The van der Waals surface area contributed by atoms with Gasteiger partial charge in [0.15, 0.2) is 5.13 Å². The second-order valence-corrected chi connectivity index (χ2v) is 7.57. The number of thiazole rings is 1. The molecule has 0 bridgehead atoms. The van der Waals surface area contributed by atoms with Crippen LogP contribution in [-0.4, -0.2) is 55.2 Å². The van der Waals surface area contributed by atoms with Gasteiger partial charge in [-0.1, -0.05) is 13.8 Å². The zero-order valence-corrected chi connectivity index (χ0v) is 13.5. The number of piperazine rings is 1. The average molecular weight is 294 g/mol. The van der Waals surface area contributed by atoms with E-state index in [2.05, 4.69) is 39.3 Å². The van der Waals surface area contributed by atoms with E-state index in [-0.39, 0.29) is 0 Å². The van der Waals surface area contributed by atoms with Crippen LogP contribution in [-0.2, 0) is 0 Å². The van der Waals surface area contributed by atoms with Gasteiger partial charge in [0, 0.05) is 50.3 Å². The fourth-order valence-corrected chi connectivity index (χ4v) is 4.03. The molecule has 1 unspecified atom stereocenters. The molecular formula is C15H26N4S. The lowest BCUT2D eigenvalue weighted by Gasteiger charge is -2.44. The zero-order valence-electron chi connectivity index (χ0n) is 12.6. The molecule has 0 amide bonds. The van der Waals surface area contributed by atoms with Crippen LogP contribution in [0.2, 0.25) is 0 Å². The lowest BCUT2D eigenvalue weighted by molar-refractivity contribution is 0.123. The van der Waals surface area contributed by atoms with Crippen molar-refractivity contribution in [2.45, 2.75) is 32.7 Å². The molecule has 3 rings (SSSR count). The first-order valence-electron chi connectivity index (χ1n) is 7.75. The normalized spacial score (nSPS) is 27.7. The van der Waals surface area contributed by atoms with Crippen LogP contribution in [0.3, 0.4) is 0 Å². The highest BCUT2D eigenvalue weighted by Crippen LogP contribution is 2.30. The third kappa shape index (κ3) is 3.15. The summed E-state index contributed by atoms with van der Waals surface area (Å²) >= 11 is 1.75. The Bertz CT molecular complexity index is 410. The van der Waals surface area contributed by atoms with Crippen molar-refractivity contribution in [3.8, 4) is 0 Å². The summed E-state index contributed by atoms with van der Waals surface area (Å²) in [5.41, 5.74) is 0.435. The van der Waals surface area contributed by atoms with Crippen molar-refractivity contribution in [2.75, 3.05) is 44.2 Å². The fraction of sp³-hybridized carbons (Fsp3) is 0.800. The molecule has 1 atom stereocenters. The molecule has 2 fully saturated rings. The summed E-state index contributed by atoms with van der Waals surface area (Å²) in [5.74, 6) is 0. The molecule has 3 heterocycles. The molecule has 2 aliphatic heterocycles. The summed E-state index contributed by atoms with van der Waals surface area (Å²) in [6.45, 7) is 11.8. The van der Waals surface area contributed by atoms with Crippen LogP contribution in [0.5, 0.6) is 0 Å². The Morgan fingerprint density at radius 3 is 2.80 bits per heavy atom. The quantitative estimate of drug-likeness (QED) is 0.924. The highest BCUT2D eigenvalue weighted by Gasteiger charge is 2.33. The van der Waals surface area contributed by atoms with Gasteiger partial charge in [-0.2, -0.15) is 0 Å². The number of hydrogen-bond donors (Lipinski definition) is 1. The van der Waals surface area contributed by atoms with Gasteiger partial charge in [0.05, 0.1) is 0 Å². The summed E-state index contributed by atoms with van der Waals surface area (Å²) in [4.78, 5) is 9.45. The Balaban J connectivity index is 1.51. The van der Waals surface area contributed by atoms with Gasteiger partial charge in [-0.15, -0.1) is 11.3 Å². The molecule has 20 heavy (non-hydrogen) atoms. The molecule has 1 aromatic heterocycles. The van der Waals surface area contributed by atoms with E-state index in [9.17, 15) is 0 Å². The summed E-state index contributed by atoms with van der Waals surface area (Å²) in [7, 11) is 0. The van der Waals surface area contributed by atoms with Crippen molar-refractivity contribution in [1.82, 2.24) is 15.2 Å². The summed E-state index contributed by atoms with van der Waals surface area (Å²) in [5, 5.41) is 6.98. The SMILES string of the molecule is CC1(C)CCCNC1CN1CCN(c2nccs2)CC1. The monoisotopic (exact) mass is 294 g/mol. The largest absolute Gasteiger partial charge is 0.346 e. The number of nitrogens with one attached hydrogen (secondary N) is 1. The Morgan fingerprint density at radius 1 is 1.35 bits per heavy atom. The maximum atomic E-state index is 4.42. The molecular weight excluding hydrogens is 268 g/mol. The number of aromatic nitrogens is 1. The van der Waals surface area contributed by atoms with E-state index < -0.39 is 0 Å². The maximum absolute atomic E-state index is 4.42. The fourth-order valence-electron chi connectivity index (χ4n) is 3.33. The molecule has 4 nitrogen and oxygen atoms in total. The van der Waals surface area contributed by atoms with E-state index in [4.69, 9.17) is 0 Å². The van der Waals surface area contributed by atoms with E-state index in [1.165, 1.54) is 31.1 Å². The van der Waals surface area contributed by atoms with Gasteiger partial charge in [0.25, 0.3) is 0 Å². The molecule has 112 valence electrons. The van der Waals surface area contributed by atoms with E-state index in [1.807, 2.05) is 6.20 Å². The number of rotatable bonds is 3. The van der Waals surface area contributed by atoms with Crippen molar-refractivity contribution in [1.29, 1.82) is 0 Å². The van der Waals surface area contributed by atoms with Gasteiger partial charge in [-0.3, -0.25) is 4.90 Å². The van der Waals surface area contributed by atoms with E-state index in [1.54, 1.807) is 11.3 Å². The van der Waals surface area contributed by atoms with Crippen LogP contribution < -0.4 is 10.2 Å². The molecule has 0 radical (unpaired) electrons. The minimum absolute atomic E-state index is 0.435. The summed E-state index contributed by atoms with van der Waals surface area (Å²) in [6, 6.07) is 0.641. The first kappa shape index (κ1) is 14.3. The molecule has 1 N–H and O–H groups in total. The minimum atomic E-state index is 0.435. The van der Waals surface area contributed by atoms with Crippen LogP contribution in [0.15, 0.2) is 11.6 Å². The van der Waals surface area contributed by atoms with E-state index >= 15 is 0 Å². The van der Waals surface area contributed by atoms with Crippen molar-refractivity contribution in [3.63, 3.8) is 0 Å². The van der Waals surface area contributed by atoms with Crippen LogP contribution in [0.4, 0.5) is 5.13 Å². The first-order valence-corrected chi connectivity index (χ1v) is 8.63.